The lowest BCUT2D eigenvalue weighted by molar-refractivity contribution is -0.130. The summed E-state index contributed by atoms with van der Waals surface area (Å²) in [7, 11) is 1.96. The molecule has 0 aromatic heterocycles. The lowest BCUT2D eigenvalue weighted by Gasteiger charge is -2.50. The first-order chi connectivity index (χ1) is 14.0. The second-order valence-corrected chi connectivity index (χ2v) is 10.6. The van der Waals surface area contributed by atoms with E-state index >= 15 is 0 Å². The summed E-state index contributed by atoms with van der Waals surface area (Å²) in [5, 5.41) is 0. The van der Waals surface area contributed by atoms with Crippen molar-refractivity contribution < 1.29 is 9.59 Å². The maximum absolute atomic E-state index is 13.1. The molecule has 1 amide bonds. The number of benzene rings is 1. The maximum atomic E-state index is 13.1. The number of rotatable bonds is 5. The van der Waals surface area contributed by atoms with Crippen LogP contribution >= 0.6 is 0 Å². The monoisotopic (exact) mass is 393 g/mol. The van der Waals surface area contributed by atoms with Crippen molar-refractivity contribution in [2.45, 2.75) is 70.6 Å². The summed E-state index contributed by atoms with van der Waals surface area (Å²) in [6, 6.07) is 8.97. The zero-order chi connectivity index (χ0) is 20.2. The van der Waals surface area contributed by atoms with Crippen LogP contribution in [0.5, 0.6) is 0 Å². The number of carbonyl (C=O) groups excluding carboxylic acids is 2. The molecule has 3 heteroatoms. The fraction of sp³-hybridized carbons (Fsp3) is 0.692. The van der Waals surface area contributed by atoms with Gasteiger partial charge in [-0.05, 0) is 85.7 Å². The van der Waals surface area contributed by atoms with Gasteiger partial charge in [0.15, 0.2) is 0 Å². The van der Waals surface area contributed by atoms with E-state index in [1.807, 2.05) is 11.9 Å². The van der Waals surface area contributed by atoms with Crippen molar-refractivity contribution in [3.8, 4) is 0 Å². The number of hydrogen-bond acceptors (Lipinski definition) is 2. The number of aryl methyl sites for hydroxylation is 1. The van der Waals surface area contributed by atoms with Crippen molar-refractivity contribution in [2.75, 3.05) is 13.6 Å². The second-order valence-electron chi connectivity index (χ2n) is 10.6. The third-order valence-electron chi connectivity index (χ3n) is 8.87. The molecule has 1 aromatic carbocycles. The highest BCUT2D eigenvalue weighted by Gasteiger charge is 2.58. The van der Waals surface area contributed by atoms with Gasteiger partial charge in [0.2, 0.25) is 5.91 Å². The smallest absolute Gasteiger partial charge is 0.222 e. The van der Waals surface area contributed by atoms with Crippen molar-refractivity contribution in [3.63, 3.8) is 0 Å². The Labute approximate surface area is 175 Å². The molecule has 0 heterocycles. The molecule has 4 aliphatic rings. The van der Waals surface area contributed by atoms with Gasteiger partial charge < -0.3 is 4.90 Å². The molecule has 3 fully saturated rings. The summed E-state index contributed by atoms with van der Waals surface area (Å²) in [5.41, 5.74) is 2.92. The predicted molar refractivity (Wildman–Crippen MR) is 115 cm³/mol. The third kappa shape index (κ3) is 3.35. The van der Waals surface area contributed by atoms with Gasteiger partial charge in [-0.25, -0.2) is 0 Å². The molecule has 0 aliphatic heterocycles. The zero-order valence-electron chi connectivity index (χ0n) is 18.0. The number of Topliss-reactive ketones (excluding diaryl/α,β-unsaturated/α-hetero) is 1. The van der Waals surface area contributed by atoms with Gasteiger partial charge in [-0.15, -0.1) is 0 Å². The molecule has 5 rings (SSSR count). The molecule has 156 valence electrons. The van der Waals surface area contributed by atoms with Crippen molar-refractivity contribution in [3.05, 3.63) is 35.4 Å². The molecule has 3 saturated carbocycles. The zero-order valence-corrected chi connectivity index (χ0v) is 18.0. The molecule has 0 saturated heterocycles. The van der Waals surface area contributed by atoms with Crippen molar-refractivity contribution in [1.29, 1.82) is 0 Å². The van der Waals surface area contributed by atoms with E-state index in [4.69, 9.17) is 0 Å². The molecule has 0 radical (unpaired) electrons. The maximum Gasteiger partial charge on any atom is 0.222 e. The predicted octanol–water partition coefficient (Wildman–Crippen LogP) is 4.99. The van der Waals surface area contributed by atoms with Crippen LogP contribution in [0, 0.1) is 29.1 Å². The first-order valence-corrected chi connectivity index (χ1v) is 11.8. The molecule has 3 nitrogen and oxygen atoms in total. The minimum absolute atomic E-state index is 0.152. The summed E-state index contributed by atoms with van der Waals surface area (Å²) in [4.78, 5) is 27.7. The molecule has 29 heavy (non-hydrogen) atoms. The van der Waals surface area contributed by atoms with Crippen LogP contribution in [0.25, 0.3) is 0 Å². The summed E-state index contributed by atoms with van der Waals surface area (Å²) in [6.07, 6.45) is 9.29. The SMILES string of the molecule is CN(CC1CC1)C(=O)CC[C@@H]1CC(=O)[C@@]2(C)CCC3c4ccccc4CCC3C12. The van der Waals surface area contributed by atoms with Crippen LogP contribution in [0.2, 0.25) is 0 Å². The minimum Gasteiger partial charge on any atom is -0.345 e. The molecular formula is C26H35NO2. The van der Waals surface area contributed by atoms with Gasteiger partial charge in [0.1, 0.15) is 5.78 Å². The fourth-order valence-corrected chi connectivity index (χ4v) is 7.14. The Morgan fingerprint density at radius 2 is 1.97 bits per heavy atom. The first kappa shape index (κ1) is 19.3. The van der Waals surface area contributed by atoms with Crippen LogP contribution in [0.1, 0.15) is 75.3 Å². The number of carbonyl (C=O) groups is 2. The average Bonchev–Trinajstić information content (AvgIpc) is 3.50. The van der Waals surface area contributed by atoms with E-state index in [2.05, 4.69) is 31.2 Å². The van der Waals surface area contributed by atoms with Gasteiger partial charge in [0.25, 0.3) is 0 Å². The van der Waals surface area contributed by atoms with Gasteiger partial charge in [0.05, 0.1) is 0 Å². The van der Waals surface area contributed by atoms with Crippen molar-refractivity contribution in [1.82, 2.24) is 4.90 Å². The van der Waals surface area contributed by atoms with E-state index < -0.39 is 0 Å². The number of hydrogen-bond donors (Lipinski definition) is 0. The molecule has 4 aliphatic carbocycles. The van der Waals surface area contributed by atoms with Gasteiger partial charge in [0, 0.05) is 31.8 Å². The Morgan fingerprint density at radius 1 is 1.17 bits per heavy atom. The lowest BCUT2D eigenvalue weighted by Crippen LogP contribution is -2.44. The van der Waals surface area contributed by atoms with E-state index in [0.29, 0.717) is 42.3 Å². The molecule has 5 atom stereocenters. The Kier molecular flexibility index (Phi) is 4.83. The molecule has 0 spiro atoms. The van der Waals surface area contributed by atoms with E-state index in [1.165, 1.54) is 24.8 Å². The first-order valence-electron chi connectivity index (χ1n) is 11.8. The number of amides is 1. The van der Waals surface area contributed by atoms with Gasteiger partial charge in [-0.3, -0.25) is 9.59 Å². The lowest BCUT2D eigenvalue weighted by atomic mass is 9.54. The second kappa shape index (κ2) is 7.25. The number of fused-ring (bicyclic) bond motifs is 5. The Balaban J connectivity index is 1.33. The van der Waals surface area contributed by atoms with E-state index in [0.717, 1.165) is 38.1 Å². The summed E-state index contributed by atoms with van der Waals surface area (Å²) in [5.74, 6) is 3.57. The number of nitrogens with zero attached hydrogens (tertiary/aromatic N) is 1. The van der Waals surface area contributed by atoms with E-state index in [9.17, 15) is 9.59 Å². The standard InChI is InChI=1S/C26H35NO2/c1-26-14-13-21-20-6-4-3-5-18(20)9-11-22(21)25(26)19(15-23(26)28)10-12-24(29)27(2)16-17-7-8-17/h3-6,17,19,21-22,25H,7-16H2,1-2H3/t19-,21?,22?,25?,26-/m1/s1. The summed E-state index contributed by atoms with van der Waals surface area (Å²) >= 11 is 0. The summed E-state index contributed by atoms with van der Waals surface area (Å²) in [6.45, 7) is 3.17. The normalized spacial score (nSPS) is 35.6. The average molecular weight is 394 g/mol. The van der Waals surface area contributed by atoms with E-state index in [1.54, 1.807) is 5.56 Å². The fourth-order valence-electron chi connectivity index (χ4n) is 7.14. The van der Waals surface area contributed by atoms with Crippen molar-refractivity contribution in [2.24, 2.45) is 29.1 Å². The number of ketones is 1. The third-order valence-corrected chi connectivity index (χ3v) is 8.87. The van der Waals surface area contributed by atoms with Crippen molar-refractivity contribution >= 4 is 11.7 Å². The highest BCUT2D eigenvalue weighted by molar-refractivity contribution is 5.88. The molecule has 1 aromatic rings. The highest BCUT2D eigenvalue weighted by atomic mass is 16.2. The molecule has 3 unspecified atom stereocenters. The Hall–Kier alpha value is -1.64. The van der Waals surface area contributed by atoms with Crippen LogP contribution in [0.15, 0.2) is 24.3 Å². The van der Waals surface area contributed by atoms with Crippen LogP contribution in [-0.4, -0.2) is 30.2 Å². The highest BCUT2D eigenvalue weighted by Crippen LogP contribution is 2.62. The molecular weight excluding hydrogens is 358 g/mol. The van der Waals surface area contributed by atoms with Crippen LogP contribution in [0.4, 0.5) is 0 Å². The topological polar surface area (TPSA) is 37.4 Å². The van der Waals surface area contributed by atoms with Gasteiger partial charge in [-0.2, -0.15) is 0 Å². The Bertz CT molecular complexity index is 813. The van der Waals surface area contributed by atoms with Crippen LogP contribution in [-0.2, 0) is 16.0 Å². The largest absolute Gasteiger partial charge is 0.345 e. The summed E-state index contributed by atoms with van der Waals surface area (Å²) < 4.78 is 0. The van der Waals surface area contributed by atoms with Crippen LogP contribution < -0.4 is 0 Å². The quantitative estimate of drug-likeness (QED) is 0.707. The van der Waals surface area contributed by atoms with Gasteiger partial charge >= 0.3 is 0 Å². The van der Waals surface area contributed by atoms with Gasteiger partial charge in [-0.1, -0.05) is 31.2 Å². The minimum atomic E-state index is -0.152. The Morgan fingerprint density at radius 3 is 2.76 bits per heavy atom. The molecule has 0 N–H and O–H groups in total. The van der Waals surface area contributed by atoms with Crippen LogP contribution in [0.3, 0.4) is 0 Å². The molecule has 0 bridgehead atoms. The van der Waals surface area contributed by atoms with E-state index in [-0.39, 0.29) is 11.3 Å².